The molecule has 0 bridgehead atoms. The summed E-state index contributed by atoms with van der Waals surface area (Å²) in [5.74, 6) is 0. The van der Waals surface area contributed by atoms with Crippen molar-refractivity contribution in [1.29, 1.82) is 0 Å². The zero-order valence-corrected chi connectivity index (χ0v) is 13.2. The van der Waals surface area contributed by atoms with Crippen molar-refractivity contribution in [2.24, 2.45) is 7.05 Å². The van der Waals surface area contributed by atoms with Crippen LogP contribution in [0, 0.1) is 0 Å². The topological polar surface area (TPSA) is 53.3 Å². The van der Waals surface area contributed by atoms with Crippen molar-refractivity contribution in [2.45, 2.75) is 38.8 Å². The Morgan fingerprint density at radius 2 is 2.35 bits per heavy atom. The van der Waals surface area contributed by atoms with Gasteiger partial charge in [-0.3, -0.25) is 9.58 Å². The number of halogens is 1. The van der Waals surface area contributed by atoms with E-state index in [9.17, 15) is 5.11 Å². The third-order valence-corrected chi connectivity index (χ3v) is 4.37. The second kappa shape index (κ2) is 7.41. The molecule has 1 aliphatic rings. The summed E-state index contributed by atoms with van der Waals surface area (Å²) in [5.41, 5.74) is 1.99. The lowest BCUT2D eigenvalue weighted by Gasteiger charge is -2.25. The van der Waals surface area contributed by atoms with Gasteiger partial charge in [0.2, 0.25) is 0 Å². The van der Waals surface area contributed by atoms with Crippen molar-refractivity contribution in [3.63, 3.8) is 0 Å². The maximum Gasteiger partial charge on any atom is 0.0863 e. The molecule has 1 aromatic heterocycles. The molecule has 20 heavy (non-hydrogen) atoms. The number of aliphatic hydroxyl groups is 1. The molecule has 2 rings (SSSR count). The first-order valence-corrected chi connectivity index (χ1v) is 7.80. The standard InChI is InChI=1S/C14H25ClN4O/c1-3-12-14(15)13(18(2)17-12)10-19(7-8-20)9-11-5-4-6-16-11/h11,16,20H,3-10H2,1-2H3. The Bertz CT molecular complexity index is 429. The van der Waals surface area contributed by atoms with E-state index in [0.717, 1.165) is 42.5 Å². The van der Waals surface area contributed by atoms with E-state index in [0.29, 0.717) is 12.6 Å². The molecule has 2 N–H and O–H groups in total. The number of rotatable bonds is 7. The number of aryl methyl sites for hydroxylation is 2. The molecule has 0 saturated carbocycles. The van der Waals surface area contributed by atoms with E-state index in [-0.39, 0.29) is 6.61 Å². The molecule has 1 unspecified atom stereocenters. The number of hydrogen-bond acceptors (Lipinski definition) is 4. The van der Waals surface area contributed by atoms with E-state index < -0.39 is 0 Å². The first-order valence-electron chi connectivity index (χ1n) is 7.42. The van der Waals surface area contributed by atoms with Crippen LogP contribution in [0.5, 0.6) is 0 Å². The highest BCUT2D eigenvalue weighted by atomic mass is 35.5. The second-order valence-electron chi connectivity index (χ2n) is 5.44. The molecule has 1 aliphatic heterocycles. The van der Waals surface area contributed by atoms with Crippen LogP contribution in [-0.2, 0) is 20.0 Å². The van der Waals surface area contributed by atoms with Gasteiger partial charge in [0.05, 0.1) is 23.0 Å². The van der Waals surface area contributed by atoms with Gasteiger partial charge >= 0.3 is 0 Å². The second-order valence-corrected chi connectivity index (χ2v) is 5.81. The number of aliphatic hydroxyl groups excluding tert-OH is 1. The molecule has 1 atom stereocenters. The predicted octanol–water partition coefficient (Wildman–Crippen LogP) is 1.18. The van der Waals surface area contributed by atoms with Crippen LogP contribution in [0.25, 0.3) is 0 Å². The first-order chi connectivity index (χ1) is 9.65. The zero-order chi connectivity index (χ0) is 14.5. The predicted molar refractivity (Wildman–Crippen MR) is 81.0 cm³/mol. The Kier molecular flexibility index (Phi) is 5.84. The van der Waals surface area contributed by atoms with Gasteiger partial charge in [-0.1, -0.05) is 18.5 Å². The van der Waals surface area contributed by atoms with Gasteiger partial charge < -0.3 is 10.4 Å². The minimum absolute atomic E-state index is 0.169. The monoisotopic (exact) mass is 300 g/mol. The van der Waals surface area contributed by atoms with Crippen molar-refractivity contribution in [2.75, 3.05) is 26.2 Å². The summed E-state index contributed by atoms with van der Waals surface area (Å²) in [6.07, 6.45) is 3.29. The van der Waals surface area contributed by atoms with Crippen LogP contribution in [0.3, 0.4) is 0 Å². The fraction of sp³-hybridized carbons (Fsp3) is 0.786. The smallest absolute Gasteiger partial charge is 0.0863 e. The lowest BCUT2D eigenvalue weighted by Crippen LogP contribution is -2.39. The highest BCUT2D eigenvalue weighted by Crippen LogP contribution is 2.22. The summed E-state index contributed by atoms with van der Waals surface area (Å²) in [4.78, 5) is 2.26. The molecule has 2 heterocycles. The van der Waals surface area contributed by atoms with Crippen LogP contribution in [0.1, 0.15) is 31.2 Å². The third kappa shape index (κ3) is 3.73. The molecule has 1 fully saturated rings. The van der Waals surface area contributed by atoms with E-state index in [4.69, 9.17) is 11.6 Å². The third-order valence-electron chi connectivity index (χ3n) is 3.93. The number of aromatic nitrogens is 2. The normalized spacial score (nSPS) is 19.1. The molecule has 6 heteroatoms. The zero-order valence-electron chi connectivity index (χ0n) is 12.4. The van der Waals surface area contributed by atoms with Crippen molar-refractivity contribution in [1.82, 2.24) is 20.0 Å². The fourth-order valence-electron chi connectivity index (χ4n) is 2.80. The lowest BCUT2D eigenvalue weighted by atomic mass is 10.2. The summed E-state index contributed by atoms with van der Waals surface area (Å²) in [6, 6.07) is 0.527. The molecule has 0 radical (unpaired) electrons. The molecule has 0 spiro atoms. The van der Waals surface area contributed by atoms with Crippen molar-refractivity contribution in [3.8, 4) is 0 Å². The summed E-state index contributed by atoms with van der Waals surface area (Å²) in [6.45, 7) is 5.69. The van der Waals surface area contributed by atoms with Crippen LogP contribution >= 0.6 is 11.6 Å². The molecule has 0 amide bonds. The molecule has 0 aliphatic carbocycles. The van der Waals surface area contributed by atoms with Gasteiger partial charge in [0.1, 0.15) is 0 Å². The number of nitrogens with zero attached hydrogens (tertiary/aromatic N) is 3. The van der Waals surface area contributed by atoms with Gasteiger partial charge in [0.15, 0.2) is 0 Å². The Labute approximate surface area is 125 Å². The lowest BCUT2D eigenvalue weighted by molar-refractivity contribution is 0.176. The number of hydrogen-bond donors (Lipinski definition) is 2. The van der Waals surface area contributed by atoms with Crippen molar-refractivity contribution < 1.29 is 5.11 Å². The molecule has 1 aromatic rings. The minimum atomic E-state index is 0.169. The van der Waals surface area contributed by atoms with Crippen LogP contribution in [-0.4, -0.2) is 52.1 Å². The molecule has 5 nitrogen and oxygen atoms in total. The number of nitrogens with one attached hydrogen (secondary N) is 1. The van der Waals surface area contributed by atoms with Crippen LogP contribution in [0.15, 0.2) is 0 Å². The Morgan fingerprint density at radius 3 is 2.90 bits per heavy atom. The summed E-state index contributed by atoms with van der Waals surface area (Å²) in [7, 11) is 1.94. The molecule has 0 aromatic carbocycles. The first kappa shape index (κ1) is 15.8. The maximum absolute atomic E-state index is 9.26. The highest BCUT2D eigenvalue weighted by molar-refractivity contribution is 6.31. The quantitative estimate of drug-likeness (QED) is 0.794. The molecular weight excluding hydrogens is 276 g/mol. The highest BCUT2D eigenvalue weighted by Gasteiger charge is 2.20. The van der Waals surface area contributed by atoms with Gasteiger partial charge in [-0.25, -0.2) is 0 Å². The summed E-state index contributed by atoms with van der Waals surface area (Å²) in [5, 5.41) is 18.0. The molecule has 114 valence electrons. The van der Waals surface area contributed by atoms with Gasteiger partial charge in [-0.2, -0.15) is 5.10 Å². The Hall–Kier alpha value is -0.620. The van der Waals surface area contributed by atoms with Crippen molar-refractivity contribution >= 4 is 11.6 Å². The van der Waals surface area contributed by atoms with E-state index in [1.54, 1.807) is 0 Å². The summed E-state index contributed by atoms with van der Waals surface area (Å²) < 4.78 is 1.87. The SMILES string of the molecule is CCc1nn(C)c(CN(CCO)CC2CCCN2)c1Cl. The van der Waals surface area contributed by atoms with E-state index in [2.05, 4.69) is 22.2 Å². The van der Waals surface area contributed by atoms with Gasteiger partial charge in [-0.05, 0) is 25.8 Å². The Balaban J connectivity index is 2.04. The molecule has 1 saturated heterocycles. The van der Waals surface area contributed by atoms with E-state index in [1.807, 2.05) is 11.7 Å². The van der Waals surface area contributed by atoms with Gasteiger partial charge in [0, 0.05) is 32.7 Å². The minimum Gasteiger partial charge on any atom is -0.395 e. The van der Waals surface area contributed by atoms with Crippen molar-refractivity contribution in [3.05, 3.63) is 16.4 Å². The van der Waals surface area contributed by atoms with Crippen LogP contribution in [0.4, 0.5) is 0 Å². The van der Waals surface area contributed by atoms with E-state index in [1.165, 1.54) is 12.8 Å². The average Bonchev–Trinajstić information content (AvgIpc) is 3.02. The fourth-order valence-corrected chi connectivity index (χ4v) is 3.16. The Morgan fingerprint density at radius 1 is 1.55 bits per heavy atom. The largest absolute Gasteiger partial charge is 0.395 e. The van der Waals surface area contributed by atoms with E-state index >= 15 is 0 Å². The summed E-state index contributed by atoms with van der Waals surface area (Å²) >= 11 is 6.40. The molecular formula is C14H25ClN4O. The maximum atomic E-state index is 9.26. The van der Waals surface area contributed by atoms with Crippen LogP contribution < -0.4 is 5.32 Å². The van der Waals surface area contributed by atoms with Gasteiger partial charge in [0.25, 0.3) is 0 Å². The van der Waals surface area contributed by atoms with Gasteiger partial charge in [-0.15, -0.1) is 0 Å². The average molecular weight is 301 g/mol. The van der Waals surface area contributed by atoms with Crippen LogP contribution in [0.2, 0.25) is 5.02 Å².